The minimum Gasteiger partial charge on any atom is 0 e. The molecule has 0 aromatic rings. The molecule has 0 radical (unpaired) electrons. The van der Waals surface area contributed by atoms with Crippen molar-refractivity contribution in [1.82, 2.24) is 0 Å². The first kappa shape index (κ1) is 56.9. The van der Waals surface area contributed by atoms with Crippen molar-refractivity contribution in [3.05, 3.63) is 54.2 Å². The zero-order valence-electron chi connectivity index (χ0n) is 24.7. The van der Waals surface area contributed by atoms with E-state index in [2.05, 4.69) is 34.5 Å². The van der Waals surface area contributed by atoms with Crippen molar-refractivity contribution in [2.45, 2.75) is 95.2 Å². The molecule has 18 nitrogen and oxygen atoms in total. The molecule has 3 unspecified atom stereocenters. The summed E-state index contributed by atoms with van der Waals surface area (Å²) >= 11 is 0. The minimum absolute atomic E-state index is 0. The van der Waals surface area contributed by atoms with Gasteiger partial charge in [-0.25, -0.2) is 19.7 Å². The maximum absolute atomic E-state index is 10.6. The second kappa shape index (κ2) is 33.1. The third-order valence-electron chi connectivity index (χ3n) is 5.76. The third-order valence-corrected chi connectivity index (χ3v) is 5.76. The molecule has 0 bridgehead atoms. The fourth-order valence-corrected chi connectivity index (χ4v) is 2.74. The van der Waals surface area contributed by atoms with Gasteiger partial charge in [0, 0.05) is 77.5 Å². The van der Waals surface area contributed by atoms with Crippen molar-refractivity contribution in [1.29, 1.82) is 0 Å². The quantitative estimate of drug-likeness (QED) is 0.0868. The summed E-state index contributed by atoms with van der Waals surface area (Å²) in [5.41, 5.74) is -5.12. The molecular weight excluding hydrogens is 702 g/mol. The van der Waals surface area contributed by atoms with Gasteiger partial charge < -0.3 is 73.9 Å². The molecule has 0 N–H and O–H groups in total. The van der Waals surface area contributed by atoms with Crippen molar-refractivity contribution in [2.24, 2.45) is 0 Å². The Morgan fingerprint density at radius 3 is 0.696 bits per heavy atom. The molecule has 0 aromatic heterocycles. The first-order valence-corrected chi connectivity index (χ1v) is 12.0. The summed E-state index contributed by atoms with van der Waals surface area (Å²) in [5.74, 6) is -8.64. The van der Waals surface area contributed by atoms with Crippen LogP contribution < -0.4 is 30.6 Å². The zero-order chi connectivity index (χ0) is 37.4. The van der Waals surface area contributed by atoms with Gasteiger partial charge in [0.25, 0.3) is 16.6 Å². The number of hydrogen-bond acceptors (Lipinski definition) is 12. The van der Waals surface area contributed by atoms with Crippen LogP contribution in [0.15, 0.2) is 0 Å². The van der Waals surface area contributed by atoms with E-state index >= 15 is 0 Å². The number of carbonyl (C=O) groups excluding carboxylic acids is 6. The number of nitrogens with zero attached hydrogens (tertiary/aromatic N) is 3. The van der Waals surface area contributed by atoms with Gasteiger partial charge in [0.2, 0.25) is 0 Å². The Morgan fingerprint density at radius 2 is 0.630 bits per heavy atom. The van der Waals surface area contributed by atoms with Crippen LogP contribution in [0.4, 0.5) is 0 Å². The van der Waals surface area contributed by atoms with Gasteiger partial charge in [-0.2, -0.15) is 0 Å². The average Bonchev–Trinajstić information content (AvgIpc) is 3.02. The van der Waals surface area contributed by atoms with Crippen LogP contribution in [0.5, 0.6) is 0 Å². The van der Waals surface area contributed by atoms with Crippen LogP contribution in [-0.2, 0) is 63.8 Å². The molecule has 0 heterocycles. The van der Waals surface area contributed by atoms with E-state index < -0.39 is 71.7 Å². The van der Waals surface area contributed by atoms with Crippen LogP contribution in [0.25, 0.3) is 14.5 Å². The molecule has 0 saturated carbocycles. The second-order valence-corrected chi connectivity index (χ2v) is 7.97. The monoisotopic (exact) mass is 731 g/mol. The van der Waals surface area contributed by atoms with E-state index in [0.717, 1.165) is 0 Å². The fourth-order valence-electron chi connectivity index (χ4n) is 2.74. The molecule has 46 heavy (non-hydrogen) atoms. The van der Waals surface area contributed by atoms with Gasteiger partial charge in [-0.05, 0) is 19.3 Å². The van der Waals surface area contributed by atoms with E-state index in [1.807, 2.05) is 0 Å². The van der Waals surface area contributed by atoms with E-state index in [4.69, 9.17) is 33.7 Å². The Morgan fingerprint density at radius 1 is 0.478 bits per heavy atom. The molecule has 0 aliphatic rings. The van der Waals surface area contributed by atoms with Gasteiger partial charge in [-0.15, -0.1) is 0 Å². The molecule has 0 rings (SSSR count). The molecule has 0 amide bonds. The SMILES string of the molecule is [C-]#[N+]C(CC)(CCC(=O)[O-])C(=O)[O-].[C-]#[N+]C(CC)(CCC(=O)[O-])C(=O)[O-].[C-]#[N+]C(CC)(CCC(=O)[O-])C(=O)[O-].[C-]#[O+].[C-]#[O+].[C-]#[O+].[Mo]. The maximum Gasteiger partial charge on any atom is 0 e. The summed E-state index contributed by atoms with van der Waals surface area (Å²) in [5, 5.41) is 61.9. The van der Waals surface area contributed by atoms with E-state index in [1.54, 1.807) is 0 Å². The number of carboxylic acid groups (broad SMARTS) is 6. The Balaban J connectivity index is -0.0000000904. The molecule has 0 aromatic carbocycles. The summed E-state index contributed by atoms with van der Waals surface area (Å²) in [6.07, 6.45) is -2.02. The molecule has 0 spiro atoms. The minimum atomic E-state index is -1.71. The standard InChI is InChI=1S/3C8H11NO4.3CO.Mo/c3*1-3-8(9-2,7(12)13)5-4-6(10)11;3*1-2;/h3*3-5H2,1H3,(H,10,11)(H,12,13);;;;/p-6. The van der Waals surface area contributed by atoms with E-state index in [0.29, 0.717) is 0 Å². The molecule has 0 saturated heterocycles. The molecule has 0 aliphatic heterocycles. The average molecular weight is 729 g/mol. The number of carbonyl (C=O) groups is 6. The maximum atomic E-state index is 10.6. The van der Waals surface area contributed by atoms with Gasteiger partial charge in [-0.3, -0.25) is 0 Å². The Bertz CT molecular complexity index is 1020. The Kier molecular flexibility index (Phi) is 41.0. The number of hydrogen-bond donors (Lipinski definition) is 0. The third kappa shape index (κ3) is 23.6. The van der Waals surface area contributed by atoms with E-state index in [-0.39, 0.29) is 59.6 Å². The largest absolute Gasteiger partial charge is 0 e. The Labute approximate surface area is 279 Å². The predicted octanol–water partition coefficient (Wildman–Crippen LogP) is -5.11. The molecular formula is C27H27MoN3O15-6. The smallest absolute Gasteiger partial charge is 0 e. The molecule has 0 aliphatic carbocycles. The van der Waals surface area contributed by atoms with Crippen LogP contribution in [0, 0.1) is 39.7 Å². The fraction of sp³-hybridized carbons (Fsp3) is 0.556. The van der Waals surface area contributed by atoms with Crippen molar-refractivity contribution >= 4 is 35.8 Å². The summed E-state index contributed by atoms with van der Waals surface area (Å²) in [7, 11) is 0. The first-order valence-electron chi connectivity index (χ1n) is 12.0. The second-order valence-electron chi connectivity index (χ2n) is 7.97. The summed E-state index contributed by atoms with van der Waals surface area (Å²) in [4.78, 5) is 70.6. The topological polar surface area (TPSA) is 314 Å². The number of rotatable bonds is 15. The first-order chi connectivity index (χ1) is 20.9. The van der Waals surface area contributed by atoms with Crippen LogP contribution in [0.2, 0.25) is 0 Å². The normalized spacial score (nSPS) is 12.1. The van der Waals surface area contributed by atoms with Crippen molar-refractivity contribution in [3.8, 4) is 0 Å². The molecule has 3 atom stereocenters. The summed E-state index contributed by atoms with van der Waals surface area (Å²) in [6.45, 7) is 38.0. The van der Waals surface area contributed by atoms with Gasteiger partial charge in [0.05, 0.1) is 0 Å². The van der Waals surface area contributed by atoms with Crippen LogP contribution in [0.3, 0.4) is 0 Å². The van der Waals surface area contributed by atoms with Gasteiger partial charge in [0.15, 0.2) is 0 Å². The van der Waals surface area contributed by atoms with Crippen LogP contribution >= 0.6 is 0 Å². The molecule has 19 heteroatoms. The number of aliphatic carboxylic acids is 6. The van der Waals surface area contributed by atoms with E-state index in [9.17, 15) is 59.4 Å². The predicted molar refractivity (Wildman–Crippen MR) is 128 cm³/mol. The van der Waals surface area contributed by atoms with Gasteiger partial charge in [0.1, 0.15) is 17.9 Å². The van der Waals surface area contributed by atoms with Crippen LogP contribution in [-0.4, -0.2) is 52.4 Å². The summed E-state index contributed by atoms with van der Waals surface area (Å²) in [6, 6.07) is 0. The van der Waals surface area contributed by atoms with Gasteiger partial charge in [-0.1, -0.05) is 20.8 Å². The Hall–Kier alpha value is -4.80. The van der Waals surface area contributed by atoms with Crippen LogP contribution in [0.1, 0.15) is 78.6 Å². The number of carboxylic acids is 6. The van der Waals surface area contributed by atoms with E-state index in [1.165, 1.54) is 20.8 Å². The van der Waals surface area contributed by atoms with Crippen molar-refractivity contribution < 1.29 is 94.4 Å². The van der Waals surface area contributed by atoms with Crippen molar-refractivity contribution in [2.75, 3.05) is 0 Å². The molecule has 0 fully saturated rings. The zero-order valence-corrected chi connectivity index (χ0v) is 26.7. The van der Waals surface area contributed by atoms with Crippen molar-refractivity contribution in [3.63, 3.8) is 0 Å². The van der Waals surface area contributed by atoms with Gasteiger partial charge >= 0.3 is 33.9 Å². The summed E-state index contributed by atoms with van der Waals surface area (Å²) < 4.78 is 22.5. The molecule has 252 valence electrons.